The Morgan fingerprint density at radius 3 is 2.58 bits per heavy atom. The van der Waals surface area contributed by atoms with Crippen molar-refractivity contribution in [3.8, 4) is 0 Å². The number of carbonyl (C=O) groups is 3. The van der Waals surface area contributed by atoms with Gasteiger partial charge in [0.15, 0.2) is 0 Å². The van der Waals surface area contributed by atoms with Crippen molar-refractivity contribution in [3.63, 3.8) is 0 Å². The van der Waals surface area contributed by atoms with E-state index in [2.05, 4.69) is 26.8 Å². The number of nitrogens with one attached hydrogen (secondary N) is 2. The molecule has 1 aliphatic heterocycles. The van der Waals surface area contributed by atoms with Crippen LogP contribution in [0.3, 0.4) is 0 Å². The zero-order valence-electron chi connectivity index (χ0n) is 13.7. The molecule has 0 bridgehead atoms. The van der Waals surface area contributed by atoms with Gasteiger partial charge in [0.05, 0.1) is 5.92 Å². The van der Waals surface area contributed by atoms with E-state index in [1.165, 1.54) is 0 Å². The molecule has 1 saturated heterocycles. The Hall–Kier alpha value is -1.89. The number of piperidine rings is 1. The summed E-state index contributed by atoms with van der Waals surface area (Å²) in [5.74, 6) is -0.821. The van der Waals surface area contributed by atoms with Crippen molar-refractivity contribution in [2.24, 2.45) is 5.92 Å². The van der Waals surface area contributed by atoms with E-state index in [0.717, 1.165) is 23.7 Å². The van der Waals surface area contributed by atoms with Crippen LogP contribution in [0, 0.1) is 5.92 Å². The van der Waals surface area contributed by atoms with Crippen molar-refractivity contribution in [2.75, 3.05) is 13.1 Å². The van der Waals surface area contributed by atoms with Crippen molar-refractivity contribution < 1.29 is 14.4 Å². The van der Waals surface area contributed by atoms with Gasteiger partial charge >= 0.3 is 0 Å². The second-order valence-corrected chi connectivity index (χ2v) is 6.79. The normalized spacial score (nSPS) is 17.2. The van der Waals surface area contributed by atoms with E-state index in [-0.39, 0.29) is 23.6 Å². The van der Waals surface area contributed by atoms with Crippen LogP contribution in [0.15, 0.2) is 28.7 Å². The summed E-state index contributed by atoms with van der Waals surface area (Å²) in [6, 6.07) is 6.85. The van der Waals surface area contributed by atoms with Crippen LogP contribution in [-0.2, 0) is 9.59 Å². The van der Waals surface area contributed by atoms with Crippen molar-refractivity contribution >= 4 is 33.7 Å². The van der Waals surface area contributed by atoms with Gasteiger partial charge in [-0.15, -0.1) is 0 Å². The predicted molar refractivity (Wildman–Crippen MR) is 94.0 cm³/mol. The average Bonchev–Trinajstić information content (AvgIpc) is 2.60. The van der Waals surface area contributed by atoms with E-state index < -0.39 is 0 Å². The second-order valence-electron chi connectivity index (χ2n) is 5.88. The molecule has 1 heterocycles. The molecule has 6 nitrogen and oxygen atoms in total. The average molecular weight is 396 g/mol. The number of halogens is 1. The van der Waals surface area contributed by atoms with Gasteiger partial charge in [0.25, 0.3) is 5.91 Å². The number of rotatable bonds is 4. The number of nitrogens with zero attached hydrogens (tertiary/aromatic N) is 1. The highest BCUT2D eigenvalue weighted by atomic mass is 79.9. The standard InChI is InChI=1S/C17H22BrN3O3/c1-2-4-15(22)21-10-3-5-13(11-21)17(24)20-19-16(23)12-6-8-14(18)9-7-12/h6-9,13H,2-5,10-11H2,1H3,(H,19,23)(H,20,24). The quantitative estimate of drug-likeness (QED) is 0.767. The summed E-state index contributed by atoms with van der Waals surface area (Å²) >= 11 is 3.30. The largest absolute Gasteiger partial charge is 0.342 e. The monoisotopic (exact) mass is 395 g/mol. The Bertz CT molecular complexity index is 604. The smallest absolute Gasteiger partial charge is 0.269 e. The van der Waals surface area contributed by atoms with E-state index >= 15 is 0 Å². The highest BCUT2D eigenvalue weighted by molar-refractivity contribution is 9.10. The minimum Gasteiger partial charge on any atom is -0.342 e. The Morgan fingerprint density at radius 2 is 1.92 bits per heavy atom. The first-order valence-corrected chi connectivity index (χ1v) is 8.94. The van der Waals surface area contributed by atoms with Crippen molar-refractivity contribution in [1.29, 1.82) is 0 Å². The maximum Gasteiger partial charge on any atom is 0.269 e. The van der Waals surface area contributed by atoms with Gasteiger partial charge in [0.2, 0.25) is 11.8 Å². The van der Waals surface area contributed by atoms with Gasteiger partial charge in [0.1, 0.15) is 0 Å². The molecule has 0 saturated carbocycles. The molecule has 2 rings (SSSR count). The topological polar surface area (TPSA) is 78.5 Å². The lowest BCUT2D eigenvalue weighted by atomic mass is 9.97. The minimum absolute atomic E-state index is 0.0916. The Kier molecular flexibility index (Phi) is 6.78. The first-order chi connectivity index (χ1) is 11.5. The third-order valence-corrected chi connectivity index (χ3v) is 4.54. The van der Waals surface area contributed by atoms with Crippen LogP contribution >= 0.6 is 15.9 Å². The zero-order valence-corrected chi connectivity index (χ0v) is 15.3. The van der Waals surface area contributed by atoms with E-state index in [0.29, 0.717) is 25.1 Å². The molecular weight excluding hydrogens is 374 g/mol. The number of hydrogen-bond acceptors (Lipinski definition) is 3. The van der Waals surface area contributed by atoms with E-state index in [1.54, 1.807) is 29.2 Å². The van der Waals surface area contributed by atoms with E-state index in [9.17, 15) is 14.4 Å². The molecule has 130 valence electrons. The highest BCUT2D eigenvalue weighted by Gasteiger charge is 2.28. The molecule has 2 N–H and O–H groups in total. The van der Waals surface area contributed by atoms with Crippen LogP contribution in [0.5, 0.6) is 0 Å². The fourth-order valence-corrected chi connectivity index (χ4v) is 2.95. The molecule has 0 aliphatic carbocycles. The fourth-order valence-electron chi connectivity index (χ4n) is 2.68. The van der Waals surface area contributed by atoms with Crippen molar-refractivity contribution in [1.82, 2.24) is 15.8 Å². The number of benzene rings is 1. The van der Waals surface area contributed by atoms with Crippen molar-refractivity contribution in [2.45, 2.75) is 32.6 Å². The number of likely N-dealkylation sites (tertiary alicyclic amines) is 1. The van der Waals surface area contributed by atoms with Crippen LogP contribution in [0.25, 0.3) is 0 Å². The molecule has 3 amide bonds. The van der Waals surface area contributed by atoms with Gasteiger partial charge in [-0.1, -0.05) is 22.9 Å². The number of amides is 3. The van der Waals surface area contributed by atoms with Crippen LogP contribution < -0.4 is 10.9 Å². The third-order valence-electron chi connectivity index (χ3n) is 4.01. The summed E-state index contributed by atoms with van der Waals surface area (Å²) < 4.78 is 0.877. The Balaban J connectivity index is 1.84. The van der Waals surface area contributed by atoms with Crippen LogP contribution in [0.4, 0.5) is 0 Å². The zero-order chi connectivity index (χ0) is 17.5. The molecule has 0 spiro atoms. The lowest BCUT2D eigenvalue weighted by molar-refractivity contribution is -0.136. The predicted octanol–water partition coefficient (Wildman–Crippen LogP) is 2.25. The Morgan fingerprint density at radius 1 is 1.21 bits per heavy atom. The first kappa shape index (κ1) is 18.4. The third kappa shape index (κ3) is 5.06. The maximum absolute atomic E-state index is 12.2. The summed E-state index contributed by atoms with van der Waals surface area (Å²) in [5, 5.41) is 0. The number of hydrogen-bond donors (Lipinski definition) is 2. The minimum atomic E-state index is -0.370. The molecule has 24 heavy (non-hydrogen) atoms. The molecule has 1 unspecified atom stereocenters. The van der Waals surface area contributed by atoms with E-state index in [4.69, 9.17) is 0 Å². The van der Waals surface area contributed by atoms with Gasteiger partial charge in [0, 0.05) is 29.5 Å². The summed E-state index contributed by atoms with van der Waals surface area (Å²) in [4.78, 5) is 37.9. The summed E-state index contributed by atoms with van der Waals surface area (Å²) in [7, 11) is 0. The molecule has 0 aromatic heterocycles. The fraction of sp³-hybridized carbons (Fsp3) is 0.471. The molecule has 1 fully saturated rings. The lowest BCUT2D eigenvalue weighted by Crippen LogP contribution is -2.50. The molecular formula is C17H22BrN3O3. The Labute approximate surface area is 150 Å². The van der Waals surface area contributed by atoms with E-state index in [1.807, 2.05) is 6.92 Å². The molecule has 1 aromatic rings. The molecule has 1 atom stereocenters. The van der Waals surface area contributed by atoms with Gasteiger partial charge in [-0.25, -0.2) is 0 Å². The van der Waals surface area contributed by atoms with Crippen LogP contribution in [0.2, 0.25) is 0 Å². The molecule has 1 aliphatic rings. The molecule has 1 aromatic carbocycles. The summed E-state index contributed by atoms with van der Waals surface area (Å²) in [5.41, 5.74) is 5.36. The van der Waals surface area contributed by atoms with Crippen molar-refractivity contribution in [3.05, 3.63) is 34.3 Å². The molecule has 7 heteroatoms. The van der Waals surface area contributed by atoms with Gasteiger partial charge in [-0.05, 0) is 43.5 Å². The van der Waals surface area contributed by atoms with Crippen LogP contribution in [0.1, 0.15) is 43.0 Å². The van der Waals surface area contributed by atoms with Gasteiger partial charge in [-0.3, -0.25) is 25.2 Å². The number of hydrazine groups is 1. The SMILES string of the molecule is CCCC(=O)N1CCCC(C(=O)NNC(=O)c2ccc(Br)cc2)C1. The first-order valence-electron chi connectivity index (χ1n) is 8.14. The highest BCUT2D eigenvalue weighted by Crippen LogP contribution is 2.17. The van der Waals surface area contributed by atoms with Gasteiger partial charge in [-0.2, -0.15) is 0 Å². The summed E-state index contributed by atoms with van der Waals surface area (Å²) in [6.07, 6.45) is 2.83. The molecule has 0 radical (unpaired) electrons. The lowest BCUT2D eigenvalue weighted by Gasteiger charge is -2.32. The van der Waals surface area contributed by atoms with Gasteiger partial charge < -0.3 is 4.90 Å². The van der Waals surface area contributed by atoms with Crippen LogP contribution in [-0.4, -0.2) is 35.7 Å². The second kappa shape index (κ2) is 8.82. The maximum atomic E-state index is 12.2. The summed E-state index contributed by atoms with van der Waals surface area (Å²) in [6.45, 7) is 3.08. The number of carbonyl (C=O) groups excluding carboxylic acids is 3.